The minimum absolute atomic E-state index is 0.0563. The number of imide groups is 1. The lowest BCUT2D eigenvalue weighted by Crippen LogP contribution is -2.38. The van der Waals surface area contributed by atoms with Crippen molar-refractivity contribution < 1.29 is 19.3 Å². The van der Waals surface area contributed by atoms with Gasteiger partial charge in [0.1, 0.15) is 13.7 Å². The van der Waals surface area contributed by atoms with E-state index in [0.29, 0.717) is 10.6 Å². The van der Waals surface area contributed by atoms with Crippen LogP contribution in [0.1, 0.15) is 18.1 Å². The first-order valence-corrected chi connectivity index (χ1v) is 5.32. The number of fused-ring (bicyclic) bond motifs is 1. The molecule has 1 aliphatic rings. The Hall–Kier alpha value is -2.21. The maximum absolute atomic E-state index is 12.1. The van der Waals surface area contributed by atoms with Crippen LogP contribution in [-0.2, 0) is 25.9 Å². The molecule has 0 saturated heterocycles. The number of oxime groups is 1. The first kappa shape index (κ1) is 12.3. The molecule has 0 saturated carbocycles. The first-order valence-electron chi connectivity index (χ1n) is 5.32. The van der Waals surface area contributed by atoms with Crippen LogP contribution in [0, 0.1) is 0 Å². The van der Waals surface area contributed by atoms with Gasteiger partial charge in [0.2, 0.25) is 0 Å². The molecule has 18 heavy (non-hydrogen) atoms. The summed E-state index contributed by atoms with van der Waals surface area (Å²) in [6.45, 7) is 1.38. The Balaban J connectivity index is 2.53. The summed E-state index contributed by atoms with van der Waals surface area (Å²) < 4.78 is 0. The van der Waals surface area contributed by atoms with Crippen molar-refractivity contribution in [1.29, 1.82) is 0 Å². The topological polar surface area (TPSA) is 68.2 Å². The number of carbonyl (C=O) groups is 2. The van der Waals surface area contributed by atoms with Gasteiger partial charge in [0.05, 0.1) is 0 Å². The molecule has 0 N–H and O–H groups in total. The highest BCUT2D eigenvalue weighted by atomic mass is 16.7. The lowest BCUT2D eigenvalue weighted by Gasteiger charge is -2.14. The Morgan fingerprint density at radius 1 is 1.44 bits per heavy atom. The Bertz CT molecular complexity index is 525. The van der Waals surface area contributed by atoms with Gasteiger partial charge in [-0.15, -0.1) is 5.06 Å². The zero-order valence-corrected chi connectivity index (χ0v) is 10.0. The number of rotatable bonds is 1. The van der Waals surface area contributed by atoms with Gasteiger partial charge in [0.25, 0.3) is 5.91 Å². The number of hydrogen-bond acceptors (Lipinski definition) is 5. The molecule has 1 aromatic rings. The Kier molecular flexibility index (Phi) is 3.38. The Morgan fingerprint density at radius 3 is 2.83 bits per heavy atom. The van der Waals surface area contributed by atoms with Crippen molar-refractivity contribution in [2.45, 2.75) is 13.5 Å². The molecular weight excluding hydrogens is 236 g/mol. The standard InChI is InChI=1S/C12H12N2O4/c1-8(15)14-12(16)11(13-17-2)10-6-4-3-5-9(10)7-18-14/h3-6H,7H2,1-2H3/b13-11+. The van der Waals surface area contributed by atoms with Crippen LogP contribution >= 0.6 is 0 Å². The van der Waals surface area contributed by atoms with Gasteiger partial charge in [-0.2, -0.15) is 0 Å². The van der Waals surface area contributed by atoms with Crippen LogP contribution in [-0.4, -0.2) is 29.7 Å². The summed E-state index contributed by atoms with van der Waals surface area (Å²) in [5.74, 6) is -1.13. The fourth-order valence-corrected chi connectivity index (χ4v) is 1.69. The van der Waals surface area contributed by atoms with Crippen molar-refractivity contribution in [2.75, 3.05) is 7.11 Å². The van der Waals surface area contributed by atoms with Gasteiger partial charge < -0.3 is 4.84 Å². The molecule has 0 bridgehead atoms. The van der Waals surface area contributed by atoms with E-state index in [4.69, 9.17) is 4.84 Å². The summed E-state index contributed by atoms with van der Waals surface area (Å²) >= 11 is 0. The zero-order chi connectivity index (χ0) is 13.1. The van der Waals surface area contributed by atoms with Crippen molar-refractivity contribution in [3.8, 4) is 0 Å². The fourth-order valence-electron chi connectivity index (χ4n) is 1.69. The van der Waals surface area contributed by atoms with E-state index in [0.717, 1.165) is 5.56 Å². The Labute approximate surface area is 104 Å². The van der Waals surface area contributed by atoms with Crippen LogP contribution in [0.3, 0.4) is 0 Å². The summed E-state index contributed by atoms with van der Waals surface area (Å²) in [6.07, 6.45) is 0. The van der Waals surface area contributed by atoms with Gasteiger partial charge in [-0.3, -0.25) is 14.4 Å². The molecule has 0 fully saturated rings. The molecule has 1 aliphatic heterocycles. The predicted molar refractivity (Wildman–Crippen MR) is 62.3 cm³/mol. The van der Waals surface area contributed by atoms with E-state index in [2.05, 4.69) is 9.99 Å². The van der Waals surface area contributed by atoms with Crippen LogP contribution in [0.15, 0.2) is 29.4 Å². The fraction of sp³-hybridized carbons (Fsp3) is 0.250. The molecule has 6 nitrogen and oxygen atoms in total. The van der Waals surface area contributed by atoms with E-state index in [1.54, 1.807) is 18.2 Å². The lowest BCUT2D eigenvalue weighted by atomic mass is 10.0. The molecule has 0 aliphatic carbocycles. The van der Waals surface area contributed by atoms with E-state index < -0.39 is 11.8 Å². The molecule has 0 radical (unpaired) electrons. The van der Waals surface area contributed by atoms with E-state index in [-0.39, 0.29) is 12.3 Å². The van der Waals surface area contributed by atoms with E-state index in [1.165, 1.54) is 14.0 Å². The molecule has 1 heterocycles. The second-order valence-corrected chi connectivity index (χ2v) is 3.67. The smallest absolute Gasteiger partial charge is 0.307 e. The van der Waals surface area contributed by atoms with Crippen molar-refractivity contribution in [3.05, 3.63) is 35.4 Å². The first-order chi connectivity index (χ1) is 8.65. The Morgan fingerprint density at radius 2 is 2.17 bits per heavy atom. The number of hydrogen-bond donors (Lipinski definition) is 0. The number of hydroxylamine groups is 2. The third-order valence-corrected chi connectivity index (χ3v) is 2.48. The summed E-state index contributed by atoms with van der Waals surface area (Å²) in [5, 5.41) is 4.38. The second kappa shape index (κ2) is 4.97. The van der Waals surface area contributed by atoms with Gasteiger partial charge in [0, 0.05) is 12.5 Å². The predicted octanol–water partition coefficient (Wildman–Crippen LogP) is 0.857. The number of benzene rings is 1. The lowest BCUT2D eigenvalue weighted by molar-refractivity contribution is -0.191. The van der Waals surface area contributed by atoms with Crippen LogP contribution in [0.2, 0.25) is 0 Å². The highest BCUT2D eigenvalue weighted by Crippen LogP contribution is 2.18. The normalized spacial score (nSPS) is 17.3. The van der Waals surface area contributed by atoms with E-state index in [9.17, 15) is 9.59 Å². The molecule has 0 aromatic heterocycles. The molecule has 94 valence electrons. The third kappa shape index (κ3) is 2.10. The minimum Gasteiger partial charge on any atom is -0.398 e. The van der Waals surface area contributed by atoms with Gasteiger partial charge in [-0.25, -0.2) is 0 Å². The molecule has 0 atom stereocenters. The zero-order valence-electron chi connectivity index (χ0n) is 10.0. The average Bonchev–Trinajstić information content (AvgIpc) is 2.49. The average molecular weight is 248 g/mol. The summed E-state index contributed by atoms with van der Waals surface area (Å²) in [5.41, 5.74) is 1.43. The van der Waals surface area contributed by atoms with Crippen LogP contribution in [0.5, 0.6) is 0 Å². The van der Waals surface area contributed by atoms with Gasteiger partial charge in [0.15, 0.2) is 5.71 Å². The molecule has 0 spiro atoms. The van der Waals surface area contributed by atoms with Crippen LogP contribution in [0.25, 0.3) is 0 Å². The van der Waals surface area contributed by atoms with Crippen molar-refractivity contribution in [2.24, 2.45) is 5.16 Å². The van der Waals surface area contributed by atoms with E-state index in [1.807, 2.05) is 6.07 Å². The van der Waals surface area contributed by atoms with Crippen molar-refractivity contribution >= 4 is 17.5 Å². The highest BCUT2D eigenvalue weighted by molar-refractivity contribution is 6.47. The molecule has 1 aromatic carbocycles. The summed E-state index contributed by atoms with van der Waals surface area (Å²) in [6, 6.07) is 7.14. The van der Waals surface area contributed by atoms with Crippen molar-refractivity contribution in [3.63, 3.8) is 0 Å². The van der Waals surface area contributed by atoms with Gasteiger partial charge >= 0.3 is 5.91 Å². The van der Waals surface area contributed by atoms with Crippen molar-refractivity contribution in [1.82, 2.24) is 5.06 Å². The summed E-state index contributed by atoms with van der Waals surface area (Å²) in [4.78, 5) is 33.3. The monoisotopic (exact) mass is 248 g/mol. The summed E-state index contributed by atoms with van der Waals surface area (Å²) in [7, 11) is 1.34. The quantitative estimate of drug-likeness (QED) is 0.691. The molecule has 2 rings (SSSR count). The minimum atomic E-state index is -0.630. The second-order valence-electron chi connectivity index (χ2n) is 3.67. The molecule has 6 heteroatoms. The van der Waals surface area contributed by atoms with Gasteiger partial charge in [-0.05, 0) is 5.56 Å². The van der Waals surface area contributed by atoms with Crippen LogP contribution in [0.4, 0.5) is 0 Å². The van der Waals surface area contributed by atoms with Crippen LogP contribution < -0.4 is 0 Å². The number of amides is 2. The number of nitrogens with zero attached hydrogens (tertiary/aromatic N) is 2. The third-order valence-electron chi connectivity index (χ3n) is 2.48. The maximum atomic E-state index is 12.1. The van der Waals surface area contributed by atoms with E-state index >= 15 is 0 Å². The molecule has 2 amide bonds. The van der Waals surface area contributed by atoms with Gasteiger partial charge in [-0.1, -0.05) is 29.4 Å². The SMILES string of the molecule is CO/N=C1/C(=O)N(C(C)=O)OCc2ccccc21. The maximum Gasteiger partial charge on any atom is 0.307 e. The largest absolute Gasteiger partial charge is 0.398 e. The number of carbonyl (C=O) groups excluding carboxylic acids is 2. The molecular formula is C12H12N2O4. The highest BCUT2D eigenvalue weighted by Gasteiger charge is 2.31. The molecule has 0 unspecified atom stereocenters.